The molecule has 0 spiro atoms. The molecule has 1 aromatic carbocycles. The van der Waals surface area contributed by atoms with E-state index in [1.54, 1.807) is 17.0 Å². The molecule has 0 radical (unpaired) electrons. The molecule has 1 heterocycles. The van der Waals surface area contributed by atoms with Crippen LogP contribution >= 0.6 is 0 Å². The maximum absolute atomic E-state index is 12.4. The lowest BCUT2D eigenvalue weighted by Crippen LogP contribution is -2.48. The zero-order chi connectivity index (χ0) is 18.4. The van der Waals surface area contributed by atoms with E-state index in [0.717, 1.165) is 13.1 Å². The second-order valence-electron chi connectivity index (χ2n) is 6.03. The van der Waals surface area contributed by atoms with Gasteiger partial charge in [-0.3, -0.25) is 4.79 Å². The van der Waals surface area contributed by atoms with Crippen LogP contribution < -0.4 is 4.74 Å². The number of nitrogens with zero attached hydrogens (tertiary/aromatic N) is 3. The van der Waals surface area contributed by atoms with Crippen LogP contribution in [0.1, 0.15) is 13.8 Å². The van der Waals surface area contributed by atoms with Crippen LogP contribution in [0.2, 0.25) is 0 Å². The van der Waals surface area contributed by atoms with Gasteiger partial charge in [-0.05, 0) is 31.3 Å². The Morgan fingerprint density at radius 1 is 1.08 bits per heavy atom. The standard InChI is InChI=1S/C17H27N3O4S/c1-4-20(5-2)25(22,23)16-8-6-15(7-9-16)24-14-17(21)19-12-10-18(3)11-13-19/h6-9H,4-5,10-14H2,1-3H3. The highest BCUT2D eigenvalue weighted by molar-refractivity contribution is 7.89. The Labute approximate surface area is 150 Å². The monoisotopic (exact) mass is 369 g/mol. The van der Waals surface area contributed by atoms with Gasteiger partial charge in [-0.1, -0.05) is 13.8 Å². The summed E-state index contributed by atoms with van der Waals surface area (Å²) in [5.41, 5.74) is 0. The van der Waals surface area contributed by atoms with Crippen LogP contribution in [0.5, 0.6) is 5.75 Å². The fraction of sp³-hybridized carbons (Fsp3) is 0.588. The molecule has 0 atom stereocenters. The molecule has 140 valence electrons. The first kappa shape index (κ1) is 19.7. The third kappa shape index (κ3) is 4.93. The van der Waals surface area contributed by atoms with Crippen molar-refractivity contribution < 1.29 is 17.9 Å². The predicted molar refractivity (Wildman–Crippen MR) is 96.1 cm³/mol. The van der Waals surface area contributed by atoms with Gasteiger partial charge in [-0.2, -0.15) is 4.31 Å². The molecule has 8 heteroatoms. The maximum Gasteiger partial charge on any atom is 0.260 e. The number of ether oxygens (including phenoxy) is 1. The first-order valence-corrected chi connectivity index (χ1v) is 10.0. The number of hydrogen-bond donors (Lipinski definition) is 0. The van der Waals surface area contributed by atoms with E-state index in [0.29, 0.717) is 31.9 Å². The molecular formula is C17H27N3O4S. The Bertz CT molecular complexity index is 664. The minimum Gasteiger partial charge on any atom is -0.484 e. The molecule has 1 fully saturated rings. The second kappa shape index (κ2) is 8.64. The maximum atomic E-state index is 12.4. The van der Waals surface area contributed by atoms with Crippen molar-refractivity contribution in [3.05, 3.63) is 24.3 Å². The lowest BCUT2D eigenvalue weighted by Gasteiger charge is -2.32. The Morgan fingerprint density at radius 2 is 1.64 bits per heavy atom. The van der Waals surface area contributed by atoms with E-state index in [-0.39, 0.29) is 17.4 Å². The van der Waals surface area contributed by atoms with Crippen LogP contribution in [-0.4, -0.2) is 81.4 Å². The van der Waals surface area contributed by atoms with Crippen molar-refractivity contribution in [2.75, 3.05) is 52.9 Å². The zero-order valence-corrected chi connectivity index (χ0v) is 16.0. The number of hydrogen-bond acceptors (Lipinski definition) is 5. The van der Waals surface area contributed by atoms with Crippen LogP contribution in [0.4, 0.5) is 0 Å². The van der Waals surface area contributed by atoms with E-state index in [1.165, 1.54) is 16.4 Å². The summed E-state index contributed by atoms with van der Waals surface area (Å²) in [7, 11) is -1.44. The Hall–Kier alpha value is -1.64. The van der Waals surface area contributed by atoms with E-state index in [1.807, 2.05) is 20.9 Å². The van der Waals surface area contributed by atoms with Gasteiger partial charge in [0.05, 0.1) is 4.90 Å². The van der Waals surface area contributed by atoms with Crippen LogP contribution in [0, 0.1) is 0 Å². The van der Waals surface area contributed by atoms with Gasteiger partial charge in [0.1, 0.15) is 5.75 Å². The third-order valence-corrected chi connectivity index (χ3v) is 6.45. The van der Waals surface area contributed by atoms with Crippen LogP contribution in [0.3, 0.4) is 0 Å². The molecule has 25 heavy (non-hydrogen) atoms. The molecule has 1 saturated heterocycles. The number of carbonyl (C=O) groups is 1. The van der Waals surface area contributed by atoms with E-state index in [9.17, 15) is 13.2 Å². The van der Waals surface area contributed by atoms with E-state index in [4.69, 9.17) is 4.74 Å². The summed E-state index contributed by atoms with van der Waals surface area (Å²) in [6, 6.07) is 6.22. The van der Waals surface area contributed by atoms with Gasteiger partial charge >= 0.3 is 0 Å². The molecule has 1 aromatic rings. The first-order chi connectivity index (χ1) is 11.9. The lowest BCUT2D eigenvalue weighted by atomic mass is 10.3. The first-order valence-electron chi connectivity index (χ1n) is 8.57. The number of benzene rings is 1. The van der Waals surface area contributed by atoms with Gasteiger partial charge < -0.3 is 14.5 Å². The molecule has 0 unspecified atom stereocenters. The number of sulfonamides is 1. The van der Waals surface area contributed by atoms with Crippen LogP contribution in [0.15, 0.2) is 29.2 Å². The molecule has 1 aliphatic rings. The SMILES string of the molecule is CCN(CC)S(=O)(=O)c1ccc(OCC(=O)N2CCN(C)CC2)cc1. The molecule has 0 N–H and O–H groups in total. The molecular weight excluding hydrogens is 342 g/mol. The molecule has 7 nitrogen and oxygen atoms in total. The Kier molecular flexibility index (Phi) is 6.80. The van der Waals surface area contributed by atoms with Crippen molar-refractivity contribution in [3.8, 4) is 5.75 Å². The van der Waals surface area contributed by atoms with Gasteiger partial charge in [0.2, 0.25) is 10.0 Å². The van der Waals surface area contributed by atoms with Gasteiger partial charge in [0.15, 0.2) is 6.61 Å². The highest BCUT2D eigenvalue weighted by Gasteiger charge is 2.22. The van der Waals surface area contributed by atoms with Gasteiger partial charge in [0.25, 0.3) is 5.91 Å². The quantitative estimate of drug-likeness (QED) is 0.713. The highest BCUT2D eigenvalue weighted by Crippen LogP contribution is 2.19. The van der Waals surface area contributed by atoms with Crippen molar-refractivity contribution in [1.82, 2.24) is 14.1 Å². The summed E-state index contributed by atoms with van der Waals surface area (Å²) in [6.07, 6.45) is 0. The summed E-state index contributed by atoms with van der Waals surface area (Å²) in [5, 5.41) is 0. The zero-order valence-electron chi connectivity index (χ0n) is 15.1. The van der Waals surface area contributed by atoms with Crippen molar-refractivity contribution in [3.63, 3.8) is 0 Å². The number of amides is 1. The van der Waals surface area contributed by atoms with Gasteiger partial charge in [0, 0.05) is 39.3 Å². The average molecular weight is 369 g/mol. The van der Waals surface area contributed by atoms with Crippen LogP contribution in [0.25, 0.3) is 0 Å². The molecule has 1 amide bonds. The van der Waals surface area contributed by atoms with E-state index in [2.05, 4.69) is 4.90 Å². The smallest absolute Gasteiger partial charge is 0.260 e. The molecule has 0 saturated carbocycles. The number of piperazine rings is 1. The largest absolute Gasteiger partial charge is 0.484 e. The average Bonchev–Trinajstić information content (AvgIpc) is 2.61. The Balaban J connectivity index is 1.93. The number of likely N-dealkylation sites (N-methyl/N-ethyl adjacent to an activating group) is 1. The molecule has 2 rings (SSSR count). The number of carbonyl (C=O) groups excluding carboxylic acids is 1. The fourth-order valence-corrected chi connectivity index (χ4v) is 4.17. The molecule has 0 aromatic heterocycles. The minimum atomic E-state index is -3.47. The summed E-state index contributed by atoms with van der Waals surface area (Å²) < 4.78 is 31.8. The molecule has 1 aliphatic heterocycles. The Morgan fingerprint density at radius 3 is 2.16 bits per heavy atom. The van der Waals surface area contributed by atoms with Crippen molar-refractivity contribution in [2.24, 2.45) is 0 Å². The summed E-state index contributed by atoms with van der Waals surface area (Å²) >= 11 is 0. The predicted octanol–water partition coefficient (Wildman–Crippen LogP) is 0.870. The summed E-state index contributed by atoms with van der Waals surface area (Å²) in [6.45, 7) is 7.58. The van der Waals surface area contributed by atoms with Crippen molar-refractivity contribution >= 4 is 15.9 Å². The van der Waals surface area contributed by atoms with E-state index >= 15 is 0 Å². The lowest BCUT2D eigenvalue weighted by molar-refractivity contribution is -0.134. The number of rotatable bonds is 7. The normalized spacial score (nSPS) is 16.2. The van der Waals surface area contributed by atoms with Crippen molar-refractivity contribution in [1.29, 1.82) is 0 Å². The fourth-order valence-electron chi connectivity index (χ4n) is 2.71. The third-order valence-electron chi connectivity index (χ3n) is 4.39. The molecule has 0 aliphatic carbocycles. The topological polar surface area (TPSA) is 70.2 Å². The van der Waals surface area contributed by atoms with Crippen LogP contribution in [-0.2, 0) is 14.8 Å². The molecule has 0 bridgehead atoms. The summed E-state index contributed by atoms with van der Waals surface area (Å²) in [4.78, 5) is 16.4. The van der Waals surface area contributed by atoms with E-state index < -0.39 is 10.0 Å². The van der Waals surface area contributed by atoms with Gasteiger partial charge in [-0.25, -0.2) is 8.42 Å². The van der Waals surface area contributed by atoms with Gasteiger partial charge in [-0.15, -0.1) is 0 Å². The van der Waals surface area contributed by atoms with Crippen molar-refractivity contribution in [2.45, 2.75) is 18.7 Å². The highest BCUT2D eigenvalue weighted by atomic mass is 32.2. The second-order valence-corrected chi connectivity index (χ2v) is 7.97. The summed E-state index contributed by atoms with van der Waals surface area (Å²) in [5.74, 6) is 0.439. The minimum absolute atomic E-state index is 0.0359.